The molecule has 1 aliphatic carbocycles. The molecule has 0 saturated heterocycles. The molecule has 0 unspecified atom stereocenters. The number of rotatable bonds is 6. The number of benzene rings is 2. The molecular weight excluding hydrogens is 350 g/mol. The van der Waals surface area contributed by atoms with Gasteiger partial charge < -0.3 is 15.4 Å². The molecule has 0 atom stereocenters. The third-order valence-corrected chi connectivity index (χ3v) is 5.04. The van der Waals surface area contributed by atoms with E-state index in [1.165, 1.54) is 0 Å². The number of hydrogen-bond donors (Lipinski definition) is 2. The molecule has 1 saturated carbocycles. The Morgan fingerprint density at radius 1 is 1.18 bits per heavy atom. The van der Waals surface area contributed by atoms with Crippen LogP contribution < -0.4 is 15.4 Å². The lowest BCUT2D eigenvalue weighted by atomic mass is 9.97. The first-order chi connectivity index (χ1) is 13.6. The molecule has 0 radical (unpaired) electrons. The lowest BCUT2D eigenvalue weighted by Gasteiger charge is -2.18. The minimum absolute atomic E-state index is 0.0859. The normalized spacial score (nSPS) is 13.6. The first-order valence-electron chi connectivity index (χ1n) is 9.70. The minimum atomic E-state index is -0.0859. The summed E-state index contributed by atoms with van der Waals surface area (Å²) in [4.78, 5) is 17.4. The fourth-order valence-corrected chi connectivity index (χ4v) is 3.33. The monoisotopic (exact) mass is 375 g/mol. The number of aromatic nitrogens is 1. The Bertz CT molecular complexity index is 1010. The van der Waals surface area contributed by atoms with Gasteiger partial charge in [0.25, 0.3) is 5.91 Å². The van der Waals surface area contributed by atoms with Gasteiger partial charge in [0.15, 0.2) is 0 Å². The van der Waals surface area contributed by atoms with E-state index in [-0.39, 0.29) is 17.9 Å². The summed E-state index contributed by atoms with van der Waals surface area (Å²) in [5.41, 5.74) is 4.15. The summed E-state index contributed by atoms with van der Waals surface area (Å²) in [5, 5.41) is 7.44. The number of para-hydroxylation sites is 1. The highest BCUT2D eigenvalue weighted by Crippen LogP contribution is 2.36. The van der Waals surface area contributed by atoms with E-state index in [4.69, 9.17) is 4.74 Å². The van der Waals surface area contributed by atoms with Crippen molar-refractivity contribution in [2.75, 3.05) is 12.4 Å². The second kappa shape index (κ2) is 7.50. The highest BCUT2D eigenvalue weighted by atomic mass is 16.5. The van der Waals surface area contributed by atoms with Crippen LogP contribution in [0.4, 0.5) is 11.4 Å². The Kier molecular flexibility index (Phi) is 4.90. The van der Waals surface area contributed by atoms with Crippen molar-refractivity contribution < 1.29 is 9.53 Å². The zero-order valence-electron chi connectivity index (χ0n) is 16.5. The average molecular weight is 375 g/mol. The van der Waals surface area contributed by atoms with Crippen LogP contribution in [-0.2, 0) is 0 Å². The summed E-state index contributed by atoms with van der Waals surface area (Å²) in [6, 6.07) is 14.2. The Hall–Kier alpha value is -3.08. The van der Waals surface area contributed by atoms with Gasteiger partial charge in [-0.15, -0.1) is 0 Å². The summed E-state index contributed by atoms with van der Waals surface area (Å²) in [6.45, 7) is 4.26. The van der Waals surface area contributed by atoms with Gasteiger partial charge in [-0.2, -0.15) is 0 Å². The lowest BCUT2D eigenvalue weighted by molar-refractivity contribution is 0.0951. The summed E-state index contributed by atoms with van der Waals surface area (Å²) < 4.78 is 5.57. The van der Waals surface area contributed by atoms with Crippen LogP contribution in [0.3, 0.4) is 0 Å². The zero-order chi connectivity index (χ0) is 19.7. The van der Waals surface area contributed by atoms with E-state index in [9.17, 15) is 4.79 Å². The van der Waals surface area contributed by atoms with E-state index in [1.54, 1.807) is 13.3 Å². The van der Waals surface area contributed by atoms with Crippen LogP contribution in [0.2, 0.25) is 0 Å². The van der Waals surface area contributed by atoms with E-state index in [1.807, 2.05) is 36.4 Å². The third-order valence-electron chi connectivity index (χ3n) is 5.04. The van der Waals surface area contributed by atoms with Gasteiger partial charge in [-0.3, -0.25) is 9.78 Å². The van der Waals surface area contributed by atoms with Gasteiger partial charge in [-0.1, -0.05) is 32.0 Å². The van der Waals surface area contributed by atoms with Crippen molar-refractivity contribution in [3.63, 3.8) is 0 Å². The highest BCUT2D eigenvalue weighted by molar-refractivity contribution is 6.08. The predicted molar refractivity (Wildman–Crippen MR) is 113 cm³/mol. The van der Waals surface area contributed by atoms with Crippen molar-refractivity contribution in [1.29, 1.82) is 0 Å². The van der Waals surface area contributed by atoms with Gasteiger partial charge in [0.1, 0.15) is 5.75 Å². The van der Waals surface area contributed by atoms with E-state index < -0.39 is 0 Å². The standard InChI is InChI=1S/C23H25N3O2/c1-14(2)17-11-18-20(12-21(17)28-3)24-13-19(23(27)26-16-9-10-16)22(18)25-15-7-5-4-6-8-15/h4-8,11-14,16H,9-10H2,1-3H3,(H,24,25)(H,26,27). The van der Waals surface area contributed by atoms with E-state index >= 15 is 0 Å². The molecule has 1 aromatic heterocycles. The molecule has 5 heteroatoms. The lowest BCUT2D eigenvalue weighted by Crippen LogP contribution is -2.26. The van der Waals surface area contributed by atoms with Crippen LogP contribution in [0.5, 0.6) is 5.75 Å². The van der Waals surface area contributed by atoms with Crippen LogP contribution in [0.1, 0.15) is 48.5 Å². The van der Waals surface area contributed by atoms with Gasteiger partial charge in [0.2, 0.25) is 0 Å². The first-order valence-corrected chi connectivity index (χ1v) is 9.70. The molecular formula is C23H25N3O2. The second-order valence-corrected chi connectivity index (χ2v) is 7.55. The van der Waals surface area contributed by atoms with Gasteiger partial charge in [0, 0.05) is 29.4 Å². The molecule has 28 heavy (non-hydrogen) atoms. The van der Waals surface area contributed by atoms with Crippen molar-refractivity contribution in [2.24, 2.45) is 0 Å². The highest BCUT2D eigenvalue weighted by Gasteiger charge is 2.26. The summed E-state index contributed by atoms with van der Waals surface area (Å²) in [5.74, 6) is 1.01. The molecule has 1 fully saturated rings. The molecule has 2 N–H and O–H groups in total. The molecule has 144 valence electrons. The molecule has 4 rings (SSSR count). The molecule has 0 bridgehead atoms. The maximum absolute atomic E-state index is 12.9. The molecule has 1 amide bonds. The minimum Gasteiger partial charge on any atom is -0.496 e. The number of fused-ring (bicyclic) bond motifs is 1. The fraction of sp³-hybridized carbons (Fsp3) is 0.304. The topological polar surface area (TPSA) is 63.2 Å². The number of nitrogens with one attached hydrogen (secondary N) is 2. The maximum atomic E-state index is 12.9. The average Bonchev–Trinajstić information content (AvgIpc) is 3.51. The Balaban J connectivity index is 1.89. The zero-order valence-corrected chi connectivity index (χ0v) is 16.5. The largest absolute Gasteiger partial charge is 0.496 e. The number of methoxy groups -OCH3 is 1. The van der Waals surface area contributed by atoms with E-state index in [0.717, 1.165) is 46.4 Å². The van der Waals surface area contributed by atoms with Crippen molar-refractivity contribution in [3.8, 4) is 5.75 Å². The Morgan fingerprint density at radius 2 is 1.93 bits per heavy atom. The molecule has 1 aliphatic rings. The molecule has 1 heterocycles. The van der Waals surface area contributed by atoms with Crippen molar-refractivity contribution >= 4 is 28.2 Å². The number of amides is 1. The Morgan fingerprint density at radius 3 is 2.57 bits per heavy atom. The van der Waals surface area contributed by atoms with Crippen LogP contribution in [0.25, 0.3) is 10.9 Å². The number of anilines is 2. The quantitative estimate of drug-likeness (QED) is 0.636. The molecule has 2 aromatic carbocycles. The number of hydrogen-bond acceptors (Lipinski definition) is 4. The summed E-state index contributed by atoms with van der Waals surface area (Å²) in [6.07, 6.45) is 3.74. The van der Waals surface area contributed by atoms with Crippen LogP contribution >= 0.6 is 0 Å². The van der Waals surface area contributed by atoms with Gasteiger partial charge >= 0.3 is 0 Å². The number of pyridine rings is 1. The SMILES string of the molecule is COc1cc2ncc(C(=O)NC3CC3)c(Nc3ccccc3)c2cc1C(C)C. The van der Waals surface area contributed by atoms with Crippen LogP contribution in [-0.4, -0.2) is 24.0 Å². The van der Waals surface area contributed by atoms with Gasteiger partial charge in [-0.05, 0) is 42.5 Å². The van der Waals surface area contributed by atoms with Crippen molar-refractivity contribution in [1.82, 2.24) is 10.3 Å². The van der Waals surface area contributed by atoms with E-state index in [2.05, 4.69) is 35.5 Å². The maximum Gasteiger partial charge on any atom is 0.255 e. The molecule has 0 spiro atoms. The molecule has 5 nitrogen and oxygen atoms in total. The van der Waals surface area contributed by atoms with Crippen molar-refractivity contribution in [3.05, 3.63) is 59.8 Å². The summed E-state index contributed by atoms with van der Waals surface area (Å²) in [7, 11) is 1.67. The van der Waals surface area contributed by atoms with Crippen molar-refractivity contribution in [2.45, 2.75) is 38.6 Å². The summed E-state index contributed by atoms with van der Waals surface area (Å²) >= 11 is 0. The fourth-order valence-electron chi connectivity index (χ4n) is 3.33. The van der Waals surface area contributed by atoms with Crippen LogP contribution in [0, 0.1) is 0 Å². The predicted octanol–water partition coefficient (Wildman–Crippen LogP) is 5.00. The third kappa shape index (κ3) is 3.65. The smallest absolute Gasteiger partial charge is 0.255 e. The van der Waals surface area contributed by atoms with Crippen LogP contribution in [0.15, 0.2) is 48.7 Å². The first kappa shape index (κ1) is 18.3. The van der Waals surface area contributed by atoms with Gasteiger partial charge in [0.05, 0.1) is 23.9 Å². The number of carbonyl (C=O) groups excluding carboxylic acids is 1. The van der Waals surface area contributed by atoms with Gasteiger partial charge in [-0.25, -0.2) is 0 Å². The number of nitrogens with zero attached hydrogens (tertiary/aromatic N) is 1. The molecule has 0 aliphatic heterocycles. The Labute approximate surface area is 165 Å². The number of ether oxygens (including phenoxy) is 1. The molecule has 3 aromatic rings. The van der Waals surface area contributed by atoms with E-state index in [0.29, 0.717) is 5.56 Å². The number of carbonyl (C=O) groups is 1. The second-order valence-electron chi connectivity index (χ2n) is 7.55.